The van der Waals surface area contributed by atoms with Gasteiger partial charge in [-0.25, -0.2) is 14.8 Å². The molecule has 1 atom stereocenters. The number of hydrogen-bond acceptors (Lipinski definition) is 7. The fourth-order valence-electron chi connectivity index (χ4n) is 2.78. The Balaban J connectivity index is 1.97. The number of aromatic hydroxyl groups is 1. The predicted octanol–water partition coefficient (Wildman–Crippen LogP) is 0.985. The number of carboxylic acid groups (broad SMARTS) is 1. The van der Waals surface area contributed by atoms with Crippen molar-refractivity contribution in [1.82, 2.24) is 15.3 Å². The van der Waals surface area contributed by atoms with Crippen LogP contribution in [0, 0.1) is 13.8 Å². The molecule has 150 valence electrons. The first kappa shape index (κ1) is 21.1. The van der Waals surface area contributed by atoms with Crippen LogP contribution in [-0.4, -0.2) is 51.2 Å². The standard InChI is InChI=1S/C19H25N5O4/c1-11-16(17(26)24-15(10-20)18(27)28)12(2)23-19(22-11)21-8-4-6-13-5-3-7-14(25)9-13/h3,5,7,9,15,25H,4,6,8,10,20H2,1-2H3,(H,24,26)(H,27,28)(H,21,22,23). The van der Waals surface area contributed by atoms with Gasteiger partial charge in [0.05, 0.1) is 17.0 Å². The van der Waals surface area contributed by atoms with Gasteiger partial charge < -0.3 is 26.6 Å². The summed E-state index contributed by atoms with van der Waals surface area (Å²) in [7, 11) is 0. The van der Waals surface area contributed by atoms with Gasteiger partial charge in [0, 0.05) is 13.1 Å². The molecule has 0 aliphatic rings. The maximum atomic E-state index is 12.4. The highest BCUT2D eigenvalue weighted by atomic mass is 16.4. The lowest BCUT2D eigenvalue weighted by Crippen LogP contribution is -2.46. The summed E-state index contributed by atoms with van der Waals surface area (Å²) in [4.78, 5) is 32.0. The van der Waals surface area contributed by atoms with Crippen LogP contribution in [0.15, 0.2) is 24.3 Å². The molecule has 1 unspecified atom stereocenters. The molecule has 9 heteroatoms. The predicted molar refractivity (Wildman–Crippen MR) is 104 cm³/mol. The van der Waals surface area contributed by atoms with Crippen LogP contribution in [0.1, 0.15) is 33.7 Å². The van der Waals surface area contributed by atoms with E-state index in [4.69, 9.17) is 10.8 Å². The number of benzene rings is 1. The molecule has 0 saturated heterocycles. The van der Waals surface area contributed by atoms with E-state index in [-0.39, 0.29) is 17.9 Å². The SMILES string of the molecule is Cc1nc(NCCCc2cccc(O)c2)nc(C)c1C(=O)NC(CN)C(=O)O. The molecule has 1 aromatic carbocycles. The van der Waals surface area contributed by atoms with E-state index in [0.717, 1.165) is 18.4 Å². The van der Waals surface area contributed by atoms with Gasteiger partial charge in [-0.3, -0.25) is 4.79 Å². The van der Waals surface area contributed by atoms with Crippen LogP contribution in [0.3, 0.4) is 0 Å². The van der Waals surface area contributed by atoms with E-state index >= 15 is 0 Å². The fourth-order valence-corrected chi connectivity index (χ4v) is 2.78. The van der Waals surface area contributed by atoms with Crippen LogP contribution in [0.2, 0.25) is 0 Å². The van der Waals surface area contributed by atoms with Crippen molar-refractivity contribution in [3.63, 3.8) is 0 Å². The Morgan fingerprint density at radius 1 is 1.21 bits per heavy atom. The first-order chi connectivity index (χ1) is 13.3. The Kier molecular flexibility index (Phi) is 7.28. The summed E-state index contributed by atoms with van der Waals surface area (Å²) in [6, 6.07) is 5.94. The summed E-state index contributed by atoms with van der Waals surface area (Å²) >= 11 is 0. The van der Waals surface area contributed by atoms with Gasteiger partial charge in [0.1, 0.15) is 11.8 Å². The lowest BCUT2D eigenvalue weighted by Gasteiger charge is -2.15. The van der Waals surface area contributed by atoms with Gasteiger partial charge in [0.25, 0.3) is 5.91 Å². The van der Waals surface area contributed by atoms with Crippen LogP contribution >= 0.6 is 0 Å². The lowest BCUT2D eigenvalue weighted by molar-refractivity contribution is -0.138. The largest absolute Gasteiger partial charge is 0.508 e. The summed E-state index contributed by atoms with van der Waals surface area (Å²) < 4.78 is 0. The smallest absolute Gasteiger partial charge is 0.327 e. The van der Waals surface area contributed by atoms with Gasteiger partial charge in [-0.15, -0.1) is 0 Å². The molecular formula is C19H25N5O4. The van der Waals surface area contributed by atoms with Crippen LogP contribution in [0.25, 0.3) is 0 Å². The minimum Gasteiger partial charge on any atom is -0.508 e. The third-order valence-corrected chi connectivity index (χ3v) is 4.17. The molecule has 6 N–H and O–H groups in total. The van der Waals surface area contributed by atoms with Crippen LogP contribution < -0.4 is 16.4 Å². The first-order valence-electron chi connectivity index (χ1n) is 8.92. The van der Waals surface area contributed by atoms with Gasteiger partial charge in [-0.2, -0.15) is 0 Å². The van der Waals surface area contributed by atoms with Crippen molar-refractivity contribution in [1.29, 1.82) is 0 Å². The van der Waals surface area contributed by atoms with Gasteiger partial charge in [0.2, 0.25) is 5.95 Å². The zero-order valence-corrected chi connectivity index (χ0v) is 15.9. The van der Waals surface area contributed by atoms with Gasteiger partial charge in [-0.1, -0.05) is 12.1 Å². The number of carboxylic acids is 1. The molecule has 0 saturated carbocycles. The van der Waals surface area contributed by atoms with E-state index in [0.29, 0.717) is 23.9 Å². The van der Waals surface area contributed by atoms with Crippen molar-refractivity contribution in [3.8, 4) is 5.75 Å². The van der Waals surface area contributed by atoms with Gasteiger partial charge in [-0.05, 0) is 44.4 Å². The number of rotatable bonds is 9. The molecule has 0 spiro atoms. The van der Waals surface area contributed by atoms with Gasteiger partial charge >= 0.3 is 5.97 Å². The minimum atomic E-state index is -1.20. The molecule has 2 aromatic rings. The number of carbonyl (C=O) groups excluding carboxylic acids is 1. The molecular weight excluding hydrogens is 362 g/mol. The Morgan fingerprint density at radius 2 is 1.89 bits per heavy atom. The zero-order chi connectivity index (χ0) is 20.7. The third kappa shape index (κ3) is 5.65. The monoisotopic (exact) mass is 387 g/mol. The van der Waals surface area contributed by atoms with E-state index in [2.05, 4.69) is 20.6 Å². The van der Waals surface area contributed by atoms with Crippen molar-refractivity contribution in [3.05, 3.63) is 46.8 Å². The number of aromatic nitrogens is 2. The minimum absolute atomic E-state index is 0.209. The Labute approximate surface area is 163 Å². The molecule has 1 heterocycles. The molecule has 0 radical (unpaired) electrons. The number of phenolic OH excluding ortho intramolecular Hbond substituents is 1. The molecule has 1 aromatic heterocycles. The van der Waals surface area contributed by atoms with E-state index in [1.54, 1.807) is 32.0 Å². The molecule has 0 fully saturated rings. The quantitative estimate of drug-likeness (QED) is 0.400. The first-order valence-corrected chi connectivity index (χ1v) is 8.92. The highest BCUT2D eigenvalue weighted by Crippen LogP contribution is 2.14. The maximum Gasteiger partial charge on any atom is 0.327 e. The molecule has 0 aliphatic heterocycles. The topological polar surface area (TPSA) is 150 Å². The summed E-state index contributed by atoms with van der Waals surface area (Å²) in [5, 5.41) is 24.0. The number of hydrogen-bond donors (Lipinski definition) is 5. The van der Waals surface area contributed by atoms with E-state index < -0.39 is 17.9 Å². The summed E-state index contributed by atoms with van der Waals surface area (Å²) in [6.07, 6.45) is 1.60. The number of nitrogens with one attached hydrogen (secondary N) is 2. The maximum absolute atomic E-state index is 12.4. The Hall–Kier alpha value is -3.20. The van der Waals surface area contributed by atoms with Gasteiger partial charge in [0.15, 0.2) is 0 Å². The number of carbonyl (C=O) groups is 2. The number of aliphatic carboxylic acids is 1. The Morgan fingerprint density at radius 3 is 2.46 bits per heavy atom. The second-order valence-corrected chi connectivity index (χ2v) is 6.39. The molecule has 1 amide bonds. The highest BCUT2D eigenvalue weighted by molar-refractivity contribution is 5.98. The van der Waals surface area contributed by atoms with E-state index in [1.165, 1.54) is 0 Å². The molecule has 0 bridgehead atoms. The number of nitrogens with two attached hydrogens (primary N) is 1. The van der Waals surface area contributed by atoms with Crippen molar-refractivity contribution in [2.45, 2.75) is 32.7 Å². The second-order valence-electron chi connectivity index (χ2n) is 6.39. The third-order valence-electron chi connectivity index (χ3n) is 4.17. The number of anilines is 1. The molecule has 2 rings (SSSR count). The fraction of sp³-hybridized carbons (Fsp3) is 0.368. The average Bonchev–Trinajstić information content (AvgIpc) is 2.62. The number of aryl methyl sites for hydroxylation is 3. The lowest BCUT2D eigenvalue weighted by atomic mass is 10.1. The molecule has 0 aliphatic carbocycles. The number of amides is 1. The molecule has 9 nitrogen and oxygen atoms in total. The number of nitrogens with zero attached hydrogens (tertiary/aromatic N) is 2. The van der Waals surface area contributed by atoms with Crippen LogP contribution in [0.4, 0.5) is 5.95 Å². The van der Waals surface area contributed by atoms with E-state index in [1.807, 2.05) is 6.07 Å². The highest BCUT2D eigenvalue weighted by Gasteiger charge is 2.22. The van der Waals surface area contributed by atoms with E-state index in [9.17, 15) is 14.7 Å². The average molecular weight is 387 g/mol. The van der Waals surface area contributed by atoms with Crippen molar-refractivity contribution >= 4 is 17.8 Å². The van der Waals surface area contributed by atoms with Crippen LogP contribution in [-0.2, 0) is 11.2 Å². The molecule has 28 heavy (non-hydrogen) atoms. The van der Waals surface area contributed by atoms with Crippen molar-refractivity contribution in [2.75, 3.05) is 18.4 Å². The van der Waals surface area contributed by atoms with Crippen molar-refractivity contribution in [2.24, 2.45) is 5.73 Å². The Bertz CT molecular complexity index is 833. The summed E-state index contributed by atoms with van der Waals surface area (Å²) in [5.74, 6) is -1.12. The zero-order valence-electron chi connectivity index (χ0n) is 15.9. The number of phenols is 1. The second kappa shape index (κ2) is 9.65. The summed E-state index contributed by atoms with van der Waals surface area (Å²) in [5.41, 5.74) is 7.54. The van der Waals surface area contributed by atoms with Crippen molar-refractivity contribution < 1.29 is 19.8 Å². The summed E-state index contributed by atoms with van der Waals surface area (Å²) in [6.45, 7) is 3.74. The van der Waals surface area contributed by atoms with Crippen LogP contribution in [0.5, 0.6) is 5.75 Å². The normalized spacial score (nSPS) is 11.7.